The van der Waals surface area contributed by atoms with E-state index in [1.807, 2.05) is 0 Å². The molecule has 1 saturated heterocycles. The summed E-state index contributed by atoms with van der Waals surface area (Å²) < 4.78 is 26.4. The molecule has 4 unspecified atom stereocenters. The number of nitrogens with one attached hydrogen (secondary N) is 1. The Balaban J connectivity index is 2.37. The van der Waals surface area contributed by atoms with Crippen LogP contribution in [-0.4, -0.2) is 67.0 Å². The zero-order chi connectivity index (χ0) is 22.6. The molecule has 30 heavy (non-hydrogen) atoms. The standard InChI is InChI=1S/C19H25NO10/c1-8-6-13(8)18(25)20-15-17(28-11(4)23)16(27-10(3)22)14(7-26-9(2)21)30-19(15)29-12(5)24/h6,13-17,19H,7H2,1-5H3,(H,20,25)/t13?,14?,15-,16-,17?,19?/m1/s1. The number of ether oxygens (including phenoxy) is 5. The molecule has 0 aromatic carbocycles. The molecule has 166 valence electrons. The van der Waals surface area contributed by atoms with Crippen LogP contribution in [0.25, 0.3) is 0 Å². The van der Waals surface area contributed by atoms with Gasteiger partial charge in [0, 0.05) is 27.7 Å². The third-order valence-electron chi connectivity index (χ3n) is 4.39. The molecule has 1 fully saturated rings. The minimum absolute atomic E-state index is 0.368. The zero-order valence-electron chi connectivity index (χ0n) is 17.3. The molecule has 2 rings (SSSR count). The molecule has 0 aromatic heterocycles. The van der Waals surface area contributed by atoms with Gasteiger partial charge in [-0.2, -0.15) is 0 Å². The molecule has 0 saturated carbocycles. The third-order valence-corrected chi connectivity index (χ3v) is 4.39. The summed E-state index contributed by atoms with van der Waals surface area (Å²) >= 11 is 0. The van der Waals surface area contributed by atoms with E-state index in [4.69, 9.17) is 23.7 Å². The number of hydrogen-bond acceptors (Lipinski definition) is 10. The normalized spacial score (nSPS) is 29.7. The fraction of sp³-hybridized carbons (Fsp3) is 0.632. The lowest BCUT2D eigenvalue weighted by molar-refractivity contribution is -0.271. The highest BCUT2D eigenvalue weighted by atomic mass is 16.7. The number of esters is 4. The third kappa shape index (κ3) is 6.28. The molecular formula is C19H25NO10. The van der Waals surface area contributed by atoms with Crippen molar-refractivity contribution in [2.75, 3.05) is 6.61 Å². The van der Waals surface area contributed by atoms with E-state index < -0.39 is 66.3 Å². The van der Waals surface area contributed by atoms with Gasteiger partial charge in [0.05, 0.1) is 5.92 Å². The van der Waals surface area contributed by atoms with E-state index in [9.17, 15) is 24.0 Å². The van der Waals surface area contributed by atoms with Gasteiger partial charge < -0.3 is 29.0 Å². The van der Waals surface area contributed by atoms with Crippen LogP contribution in [0.4, 0.5) is 0 Å². The Morgan fingerprint density at radius 1 is 0.900 bits per heavy atom. The first-order valence-corrected chi connectivity index (χ1v) is 9.28. The van der Waals surface area contributed by atoms with Gasteiger partial charge >= 0.3 is 23.9 Å². The fourth-order valence-electron chi connectivity index (χ4n) is 3.07. The maximum absolute atomic E-state index is 12.5. The second kappa shape index (κ2) is 9.70. The second-order valence-corrected chi connectivity index (χ2v) is 7.03. The monoisotopic (exact) mass is 427 g/mol. The Morgan fingerprint density at radius 3 is 1.90 bits per heavy atom. The average Bonchev–Trinajstić information content (AvgIpc) is 3.34. The molecule has 1 aliphatic carbocycles. The molecule has 0 aromatic rings. The lowest BCUT2D eigenvalue weighted by Crippen LogP contribution is -2.67. The van der Waals surface area contributed by atoms with E-state index in [1.165, 1.54) is 6.92 Å². The molecule has 1 N–H and O–H groups in total. The zero-order valence-corrected chi connectivity index (χ0v) is 17.3. The van der Waals surface area contributed by atoms with Crippen LogP contribution in [0.15, 0.2) is 11.6 Å². The van der Waals surface area contributed by atoms with Gasteiger partial charge in [0.25, 0.3) is 0 Å². The van der Waals surface area contributed by atoms with Gasteiger partial charge in [0.1, 0.15) is 18.8 Å². The summed E-state index contributed by atoms with van der Waals surface area (Å²) in [5, 5.41) is 2.64. The van der Waals surface area contributed by atoms with Crippen molar-refractivity contribution in [1.82, 2.24) is 5.32 Å². The summed E-state index contributed by atoms with van der Waals surface area (Å²) in [5.41, 5.74) is 0.849. The Hall–Kier alpha value is -2.95. The molecule has 6 atom stereocenters. The van der Waals surface area contributed by atoms with Crippen molar-refractivity contribution in [3.63, 3.8) is 0 Å². The van der Waals surface area contributed by atoms with E-state index in [2.05, 4.69) is 5.32 Å². The largest absolute Gasteiger partial charge is 0.463 e. The number of carbonyl (C=O) groups is 5. The van der Waals surface area contributed by atoms with Crippen LogP contribution < -0.4 is 5.32 Å². The highest BCUT2D eigenvalue weighted by Gasteiger charge is 2.53. The maximum atomic E-state index is 12.5. The summed E-state index contributed by atoms with van der Waals surface area (Å²) in [6, 6.07) is -1.18. The number of rotatable bonds is 7. The summed E-state index contributed by atoms with van der Waals surface area (Å²) in [5.74, 6) is -3.66. The van der Waals surface area contributed by atoms with Gasteiger partial charge in [-0.25, -0.2) is 0 Å². The van der Waals surface area contributed by atoms with Crippen LogP contribution in [0.1, 0.15) is 34.6 Å². The summed E-state index contributed by atoms with van der Waals surface area (Å²) in [7, 11) is 0. The first kappa shape index (κ1) is 23.3. The predicted octanol–water partition coefficient (Wildman–Crippen LogP) is -0.238. The summed E-state index contributed by atoms with van der Waals surface area (Å²) in [6.07, 6.45) is -3.31. The van der Waals surface area contributed by atoms with Crippen LogP contribution in [0.5, 0.6) is 0 Å². The van der Waals surface area contributed by atoms with Gasteiger partial charge in [-0.3, -0.25) is 24.0 Å². The van der Waals surface area contributed by atoms with Crippen LogP contribution in [0.3, 0.4) is 0 Å². The minimum atomic E-state index is -1.39. The van der Waals surface area contributed by atoms with Crippen molar-refractivity contribution >= 4 is 29.8 Å². The molecule has 11 nitrogen and oxygen atoms in total. The van der Waals surface area contributed by atoms with Crippen LogP contribution in [-0.2, 0) is 47.7 Å². The minimum Gasteiger partial charge on any atom is -0.463 e. The quantitative estimate of drug-likeness (QED) is 0.328. The van der Waals surface area contributed by atoms with Gasteiger partial charge in [0.15, 0.2) is 12.2 Å². The Labute approximate surface area is 173 Å². The highest BCUT2D eigenvalue weighted by molar-refractivity contribution is 5.88. The topological polar surface area (TPSA) is 144 Å². The fourth-order valence-corrected chi connectivity index (χ4v) is 3.07. The second-order valence-electron chi connectivity index (χ2n) is 7.03. The van der Waals surface area contributed by atoms with Gasteiger partial charge in [-0.15, -0.1) is 0 Å². The van der Waals surface area contributed by atoms with E-state index in [1.54, 1.807) is 13.0 Å². The molecule has 2 aliphatic rings. The molecule has 1 amide bonds. The Morgan fingerprint density at radius 2 is 1.43 bits per heavy atom. The van der Waals surface area contributed by atoms with Crippen molar-refractivity contribution in [2.24, 2.45) is 5.92 Å². The van der Waals surface area contributed by atoms with Crippen LogP contribution in [0.2, 0.25) is 0 Å². The van der Waals surface area contributed by atoms with Crippen LogP contribution >= 0.6 is 0 Å². The van der Waals surface area contributed by atoms with Crippen molar-refractivity contribution in [1.29, 1.82) is 0 Å². The molecule has 0 bridgehead atoms. The molecule has 1 heterocycles. The van der Waals surface area contributed by atoms with Gasteiger partial charge in [0.2, 0.25) is 12.2 Å². The number of amides is 1. The molecule has 1 aliphatic heterocycles. The van der Waals surface area contributed by atoms with Crippen molar-refractivity contribution < 1.29 is 47.7 Å². The van der Waals surface area contributed by atoms with Crippen molar-refractivity contribution in [3.05, 3.63) is 11.6 Å². The smallest absolute Gasteiger partial charge is 0.305 e. The Kier molecular flexibility index (Phi) is 7.54. The van der Waals surface area contributed by atoms with E-state index >= 15 is 0 Å². The predicted molar refractivity (Wildman–Crippen MR) is 97.3 cm³/mol. The lowest BCUT2D eigenvalue weighted by Gasteiger charge is -2.44. The van der Waals surface area contributed by atoms with Crippen LogP contribution in [0, 0.1) is 5.92 Å². The van der Waals surface area contributed by atoms with E-state index in [-0.39, 0.29) is 6.61 Å². The number of hydrogen-bond donors (Lipinski definition) is 1. The highest BCUT2D eigenvalue weighted by Crippen LogP contribution is 2.31. The molecule has 0 radical (unpaired) electrons. The first-order valence-electron chi connectivity index (χ1n) is 9.28. The molecule has 11 heteroatoms. The summed E-state index contributed by atoms with van der Waals surface area (Å²) in [4.78, 5) is 58.8. The lowest BCUT2D eigenvalue weighted by atomic mass is 9.95. The first-order chi connectivity index (χ1) is 14.0. The summed E-state index contributed by atoms with van der Waals surface area (Å²) in [6.45, 7) is 5.97. The van der Waals surface area contributed by atoms with Gasteiger partial charge in [-0.05, 0) is 6.92 Å². The van der Waals surface area contributed by atoms with E-state index in [0.29, 0.717) is 0 Å². The van der Waals surface area contributed by atoms with Crippen molar-refractivity contribution in [3.8, 4) is 0 Å². The average molecular weight is 427 g/mol. The van der Waals surface area contributed by atoms with E-state index in [0.717, 1.165) is 26.3 Å². The van der Waals surface area contributed by atoms with Crippen molar-refractivity contribution in [2.45, 2.75) is 65.3 Å². The number of carbonyl (C=O) groups excluding carboxylic acids is 5. The molecular weight excluding hydrogens is 402 g/mol. The Bertz CT molecular complexity index is 760. The maximum Gasteiger partial charge on any atom is 0.305 e. The molecule has 0 spiro atoms. The SMILES string of the molecule is CC(=O)OCC1OC(OC(C)=O)[C@H](NC(=O)C2C=C2C)C(OC(C)=O)[C@@H]1OC(C)=O. The van der Waals surface area contributed by atoms with Gasteiger partial charge in [-0.1, -0.05) is 11.6 Å².